The molecule has 1 heterocycles. The highest BCUT2D eigenvalue weighted by atomic mass is 35.5. The maximum Gasteiger partial charge on any atom is 0.161 e. The maximum atomic E-state index is 9.95. The molecule has 1 unspecified atom stereocenters. The van der Waals surface area contributed by atoms with E-state index in [-0.39, 0.29) is 11.5 Å². The number of hydrogen-bond acceptors (Lipinski definition) is 4. The number of aromatic hydroxyl groups is 2. The van der Waals surface area contributed by atoms with Crippen molar-refractivity contribution >= 4 is 34.5 Å². The number of halogens is 2. The Morgan fingerprint density at radius 3 is 1.94 bits per heavy atom. The summed E-state index contributed by atoms with van der Waals surface area (Å²) in [4.78, 5) is 0. The van der Waals surface area contributed by atoms with E-state index in [4.69, 9.17) is 28.3 Å². The highest BCUT2D eigenvalue weighted by Gasteiger charge is 2.46. The minimum Gasteiger partial charge on any atom is -0.508 e. The molecular weight excluding hydrogens is 455 g/mol. The molecule has 0 bridgehead atoms. The minimum absolute atomic E-state index is 0.144. The number of benzene rings is 4. The molecule has 162 valence electrons. The van der Waals surface area contributed by atoms with E-state index in [1.54, 1.807) is 42.5 Å². The molecule has 1 aliphatic heterocycles. The highest BCUT2D eigenvalue weighted by Crippen LogP contribution is 2.55. The standard InChI is InChI=1S/C27H18Cl2N2O2/c28-23-8-4-7-22(25(23)29)27(19-11-15-21(33)16-12-19)24(17-5-2-1-3-6-17)26(30-31-27)18-9-13-20(32)14-10-18/h1-16,32-33H. The molecule has 6 heteroatoms. The summed E-state index contributed by atoms with van der Waals surface area (Å²) in [7, 11) is 0. The minimum atomic E-state index is -1.11. The van der Waals surface area contributed by atoms with Crippen LogP contribution in [0, 0.1) is 0 Å². The Hall–Kier alpha value is -3.60. The third-order valence-corrected chi connectivity index (χ3v) is 6.55. The molecule has 1 atom stereocenters. The van der Waals surface area contributed by atoms with Crippen molar-refractivity contribution in [2.75, 3.05) is 0 Å². The SMILES string of the molecule is Oc1ccc(C2=C(c3ccccc3)C(c3ccc(O)cc3)(c3cccc(Cl)c3Cl)N=N2)cc1. The normalized spacial score (nSPS) is 17.5. The summed E-state index contributed by atoms with van der Waals surface area (Å²) < 4.78 is 0. The van der Waals surface area contributed by atoms with Crippen LogP contribution in [0.3, 0.4) is 0 Å². The highest BCUT2D eigenvalue weighted by molar-refractivity contribution is 6.42. The average Bonchev–Trinajstić information content (AvgIpc) is 3.23. The smallest absolute Gasteiger partial charge is 0.161 e. The van der Waals surface area contributed by atoms with E-state index in [1.165, 1.54) is 0 Å². The van der Waals surface area contributed by atoms with E-state index < -0.39 is 5.54 Å². The number of phenols is 2. The van der Waals surface area contributed by atoms with Crippen molar-refractivity contribution in [1.82, 2.24) is 0 Å². The lowest BCUT2D eigenvalue weighted by molar-refractivity contribution is 0.474. The van der Waals surface area contributed by atoms with Crippen molar-refractivity contribution in [2.45, 2.75) is 5.54 Å². The van der Waals surface area contributed by atoms with Crippen LogP contribution in [0.15, 0.2) is 107 Å². The van der Waals surface area contributed by atoms with Gasteiger partial charge in [0.25, 0.3) is 0 Å². The Kier molecular flexibility index (Phi) is 5.41. The summed E-state index contributed by atoms with van der Waals surface area (Å²) in [5.74, 6) is 0.309. The first-order valence-electron chi connectivity index (χ1n) is 10.3. The molecule has 2 N–H and O–H groups in total. The first-order chi connectivity index (χ1) is 16.0. The number of rotatable bonds is 4. The topological polar surface area (TPSA) is 65.2 Å². The third kappa shape index (κ3) is 3.58. The van der Waals surface area contributed by atoms with Crippen molar-refractivity contribution in [3.8, 4) is 11.5 Å². The molecule has 4 nitrogen and oxygen atoms in total. The quantitative estimate of drug-likeness (QED) is 0.319. The molecule has 0 radical (unpaired) electrons. The molecule has 33 heavy (non-hydrogen) atoms. The Morgan fingerprint density at radius 1 is 0.636 bits per heavy atom. The lowest BCUT2D eigenvalue weighted by Gasteiger charge is -2.31. The fourth-order valence-electron chi connectivity index (χ4n) is 4.20. The van der Waals surface area contributed by atoms with E-state index >= 15 is 0 Å². The van der Waals surface area contributed by atoms with Gasteiger partial charge in [-0.25, -0.2) is 0 Å². The van der Waals surface area contributed by atoms with Gasteiger partial charge >= 0.3 is 0 Å². The van der Waals surface area contributed by atoms with Gasteiger partial charge in [0, 0.05) is 16.7 Å². The van der Waals surface area contributed by atoms with Crippen LogP contribution < -0.4 is 0 Å². The zero-order chi connectivity index (χ0) is 23.0. The number of azo groups is 1. The molecule has 0 aliphatic carbocycles. The van der Waals surface area contributed by atoms with Crippen molar-refractivity contribution in [3.63, 3.8) is 0 Å². The molecule has 4 aromatic rings. The summed E-state index contributed by atoms with van der Waals surface area (Å²) in [5.41, 5.74) is 3.54. The Balaban J connectivity index is 1.90. The van der Waals surface area contributed by atoms with Crippen LogP contribution in [-0.4, -0.2) is 10.2 Å². The van der Waals surface area contributed by atoms with Crippen molar-refractivity contribution in [3.05, 3.63) is 129 Å². The zero-order valence-corrected chi connectivity index (χ0v) is 18.8. The van der Waals surface area contributed by atoms with Gasteiger partial charge in [0.1, 0.15) is 11.5 Å². The fourth-order valence-corrected chi connectivity index (χ4v) is 4.64. The van der Waals surface area contributed by atoms with Crippen LogP contribution in [0.25, 0.3) is 11.3 Å². The van der Waals surface area contributed by atoms with Crippen LogP contribution >= 0.6 is 23.2 Å². The molecule has 0 amide bonds. The van der Waals surface area contributed by atoms with Gasteiger partial charge in [-0.2, -0.15) is 10.2 Å². The predicted octanol–water partition coefficient (Wildman–Crippen LogP) is 7.68. The average molecular weight is 473 g/mol. The molecular formula is C27H18Cl2N2O2. The summed E-state index contributed by atoms with van der Waals surface area (Å²) in [5, 5.41) is 30.0. The van der Waals surface area contributed by atoms with Gasteiger partial charge in [0.2, 0.25) is 0 Å². The maximum absolute atomic E-state index is 9.95. The van der Waals surface area contributed by atoms with Crippen LogP contribution in [0.1, 0.15) is 22.3 Å². The third-order valence-electron chi connectivity index (χ3n) is 5.73. The summed E-state index contributed by atoms with van der Waals surface area (Å²) in [6.45, 7) is 0. The molecule has 0 saturated carbocycles. The second kappa shape index (κ2) is 8.39. The summed E-state index contributed by atoms with van der Waals surface area (Å²) >= 11 is 13.2. The first kappa shape index (κ1) is 21.3. The van der Waals surface area contributed by atoms with E-state index in [0.29, 0.717) is 21.3 Å². The summed E-state index contributed by atoms with van der Waals surface area (Å²) in [6.07, 6.45) is 0. The molecule has 5 rings (SSSR count). The predicted molar refractivity (Wildman–Crippen MR) is 132 cm³/mol. The Labute approximate surface area is 201 Å². The molecule has 0 fully saturated rings. The monoisotopic (exact) mass is 472 g/mol. The van der Waals surface area contributed by atoms with Crippen molar-refractivity contribution < 1.29 is 10.2 Å². The number of nitrogens with zero attached hydrogens (tertiary/aromatic N) is 2. The van der Waals surface area contributed by atoms with Crippen molar-refractivity contribution in [1.29, 1.82) is 0 Å². The van der Waals surface area contributed by atoms with E-state index in [0.717, 1.165) is 22.3 Å². The number of phenolic OH excluding ortho intramolecular Hbond substituents is 2. The van der Waals surface area contributed by atoms with Crippen LogP contribution in [-0.2, 0) is 5.54 Å². The number of hydrogen-bond donors (Lipinski definition) is 2. The van der Waals surface area contributed by atoms with Gasteiger partial charge in [-0.1, -0.05) is 77.8 Å². The lowest BCUT2D eigenvalue weighted by Crippen LogP contribution is -2.26. The van der Waals surface area contributed by atoms with Gasteiger partial charge in [-0.05, 0) is 53.6 Å². The fraction of sp³-hybridized carbons (Fsp3) is 0.0370. The Morgan fingerprint density at radius 2 is 1.27 bits per heavy atom. The largest absolute Gasteiger partial charge is 0.508 e. The first-order valence-corrected chi connectivity index (χ1v) is 11.0. The van der Waals surface area contributed by atoms with E-state index in [9.17, 15) is 10.2 Å². The van der Waals surface area contributed by atoms with Gasteiger partial charge in [-0.3, -0.25) is 0 Å². The van der Waals surface area contributed by atoms with Crippen molar-refractivity contribution in [2.24, 2.45) is 10.2 Å². The second-order valence-corrected chi connectivity index (χ2v) is 8.48. The molecule has 4 aromatic carbocycles. The molecule has 1 aliphatic rings. The second-order valence-electron chi connectivity index (χ2n) is 7.70. The van der Waals surface area contributed by atoms with Crippen LogP contribution in [0.5, 0.6) is 11.5 Å². The van der Waals surface area contributed by atoms with Gasteiger partial charge < -0.3 is 10.2 Å². The van der Waals surface area contributed by atoms with E-state index in [2.05, 4.69) is 5.11 Å². The van der Waals surface area contributed by atoms with Gasteiger partial charge in [0.15, 0.2) is 5.54 Å². The zero-order valence-electron chi connectivity index (χ0n) is 17.3. The van der Waals surface area contributed by atoms with Gasteiger partial charge in [0.05, 0.1) is 15.7 Å². The molecule has 0 aromatic heterocycles. The van der Waals surface area contributed by atoms with E-state index in [1.807, 2.05) is 54.6 Å². The lowest BCUT2D eigenvalue weighted by atomic mass is 9.74. The molecule has 0 saturated heterocycles. The Bertz CT molecular complexity index is 1380. The van der Waals surface area contributed by atoms with Crippen LogP contribution in [0.2, 0.25) is 10.0 Å². The molecule has 0 spiro atoms. The summed E-state index contributed by atoms with van der Waals surface area (Å²) in [6, 6.07) is 29.0. The van der Waals surface area contributed by atoms with Gasteiger partial charge in [-0.15, -0.1) is 0 Å². The van der Waals surface area contributed by atoms with Crippen LogP contribution in [0.4, 0.5) is 0 Å².